The first kappa shape index (κ1) is 17.7. The van der Waals surface area contributed by atoms with E-state index in [2.05, 4.69) is 5.32 Å². The molecule has 0 spiro atoms. The number of rotatable bonds is 6. The smallest absolute Gasteiger partial charge is 0.299 e. The molecule has 0 unspecified atom stereocenters. The van der Waals surface area contributed by atoms with E-state index in [0.29, 0.717) is 5.75 Å². The summed E-state index contributed by atoms with van der Waals surface area (Å²) in [6.07, 6.45) is 0. The molecule has 10 nitrogen and oxygen atoms in total. The number of nitro benzene ring substituents is 2. The van der Waals surface area contributed by atoms with Gasteiger partial charge in [-0.05, 0) is 18.2 Å². The van der Waals surface area contributed by atoms with Crippen molar-refractivity contribution in [3.8, 4) is 11.5 Å². The van der Waals surface area contributed by atoms with Crippen LogP contribution in [0.5, 0.6) is 11.5 Å². The molecule has 0 radical (unpaired) electrons. The molecule has 0 atom stereocenters. The van der Waals surface area contributed by atoms with Crippen molar-refractivity contribution in [2.75, 3.05) is 19.5 Å². The topological polar surface area (TPSA) is 134 Å². The lowest BCUT2D eigenvalue weighted by atomic mass is 10.1. The number of ether oxygens (including phenoxy) is 2. The van der Waals surface area contributed by atoms with Gasteiger partial charge in [0.2, 0.25) is 0 Å². The van der Waals surface area contributed by atoms with Gasteiger partial charge in [0, 0.05) is 12.1 Å². The van der Waals surface area contributed by atoms with Crippen molar-refractivity contribution in [2.45, 2.75) is 0 Å². The second-order valence-corrected chi connectivity index (χ2v) is 4.74. The molecule has 0 saturated carbocycles. The highest BCUT2D eigenvalue weighted by atomic mass is 16.6. The van der Waals surface area contributed by atoms with Gasteiger partial charge in [0.1, 0.15) is 17.2 Å². The minimum absolute atomic E-state index is 0.121. The van der Waals surface area contributed by atoms with Crippen LogP contribution in [0.2, 0.25) is 0 Å². The lowest BCUT2D eigenvalue weighted by molar-refractivity contribution is -0.393. The Balaban J connectivity index is 2.38. The Bertz CT molecular complexity index is 851. The third-order valence-electron chi connectivity index (χ3n) is 3.29. The highest BCUT2D eigenvalue weighted by Gasteiger charge is 2.22. The minimum Gasteiger partial charge on any atom is -0.497 e. The molecule has 0 aliphatic heterocycles. The number of nitro groups is 2. The molecule has 1 amide bonds. The maximum atomic E-state index is 12.4. The molecule has 2 aromatic rings. The van der Waals surface area contributed by atoms with E-state index in [1.165, 1.54) is 32.4 Å². The van der Waals surface area contributed by atoms with E-state index in [1.54, 1.807) is 0 Å². The first-order chi connectivity index (χ1) is 11.9. The average Bonchev–Trinajstić information content (AvgIpc) is 2.60. The van der Waals surface area contributed by atoms with E-state index in [1.807, 2.05) is 0 Å². The molecule has 0 heterocycles. The van der Waals surface area contributed by atoms with Gasteiger partial charge in [-0.15, -0.1) is 0 Å². The maximum absolute atomic E-state index is 12.4. The summed E-state index contributed by atoms with van der Waals surface area (Å²) in [5, 5.41) is 24.2. The summed E-state index contributed by atoms with van der Waals surface area (Å²) in [5.41, 5.74) is -1.09. The van der Waals surface area contributed by atoms with Gasteiger partial charge in [-0.1, -0.05) is 0 Å². The molecule has 2 rings (SSSR count). The number of hydrogen-bond acceptors (Lipinski definition) is 7. The number of carbonyl (C=O) groups excluding carboxylic acids is 1. The van der Waals surface area contributed by atoms with Crippen LogP contribution in [-0.4, -0.2) is 30.0 Å². The molecular weight excluding hydrogens is 334 g/mol. The molecular formula is C15H13N3O7. The Hall–Kier alpha value is -3.69. The number of hydrogen-bond donors (Lipinski definition) is 1. The molecule has 0 saturated heterocycles. The van der Waals surface area contributed by atoms with Crippen LogP contribution in [-0.2, 0) is 0 Å². The lowest BCUT2D eigenvalue weighted by Gasteiger charge is -2.11. The summed E-state index contributed by atoms with van der Waals surface area (Å²) in [5.74, 6) is 0.00703. The Morgan fingerprint density at radius 2 is 1.72 bits per heavy atom. The minimum atomic E-state index is -0.812. The molecule has 1 N–H and O–H groups in total. The molecule has 2 aromatic carbocycles. The number of nitrogens with zero attached hydrogens (tertiary/aromatic N) is 2. The van der Waals surface area contributed by atoms with Crippen LogP contribution in [0.25, 0.3) is 0 Å². The zero-order valence-electron chi connectivity index (χ0n) is 13.2. The first-order valence-corrected chi connectivity index (χ1v) is 6.83. The molecule has 0 bridgehead atoms. The zero-order chi connectivity index (χ0) is 18.6. The fourth-order valence-electron chi connectivity index (χ4n) is 2.07. The van der Waals surface area contributed by atoms with Crippen molar-refractivity contribution >= 4 is 23.0 Å². The van der Waals surface area contributed by atoms with E-state index >= 15 is 0 Å². The van der Waals surface area contributed by atoms with Crippen molar-refractivity contribution < 1.29 is 24.1 Å². The van der Waals surface area contributed by atoms with E-state index in [0.717, 1.165) is 18.2 Å². The monoisotopic (exact) mass is 347 g/mol. The van der Waals surface area contributed by atoms with Gasteiger partial charge in [-0.3, -0.25) is 25.0 Å². The Morgan fingerprint density at radius 3 is 2.28 bits per heavy atom. The number of methoxy groups -OCH3 is 2. The normalized spacial score (nSPS) is 10.0. The second-order valence-electron chi connectivity index (χ2n) is 4.74. The molecule has 0 aliphatic carbocycles. The summed E-state index contributed by atoms with van der Waals surface area (Å²) < 4.78 is 10.1. The average molecular weight is 347 g/mol. The number of nitrogens with one attached hydrogen (secondary N) is 1. The second kappa shape index (κ2) is 7.25. The number of anilines is 1. The van der Waals surface area contributed by atoms with Crippen LogP contribution in [0.1, 0.15) is 10.4 Å². The SMILES string of the molecule is COc1ccc(C(=O)Nc2ccc([N+](=O)[O-])cc2[N+](=O)[O-])c(OC)c1. The zero-order valence-corrected chi connectivity index (χ0v) is 13.2. The highest BCUT2D eigenvalue weighted by molar-refractivity contribution is 6.07. The number of amides is 1. The lowest BCUT2D eigenvalue weighted by Crippen LogP contribution is -2.14. The third-order valence-corrected chi connectivity index (χ3v) is 3.29. The van der Waals surface area contributed by atoms with Crippen LogP contribution < -0.4 is 14.8 Å². The highest BCUT2D eigenvalue weighted by Crippen LogP contribution is 2.31. The Morgan fingerprint density at radius 1 is 1.00 bits per heavy atom. The molecule has 0 aliphatic rings. The first-order valence-electron chi connectivity index (χ1n) is 6.83. The molecule has 10 heteroatoms. The van der Waals surface area contributed by atoms with Gasteiger partial charge in [0.15, 0.2) is 0 Å². The molecule has 130 valence electrons. The standard InChI is InChI=1S/C15H13N3O7/c1-24-10-4-5-11(14(8-10)25-2)15(19)16-12-6-3-9(17(20)21)7-13(12)18(22)23/h3-8H,1-2H3,(H,16,19). The van der Waals surface area contributed by atoms with Crippen LogP contribution in [0.3, 0.4) is 0 Å². The molecule has 25 heavy (non-hydrogen) atoms. The largest absolute Gasteiger partial charge is 0.497 e. The van der Waals surface area contributed by atoms with Gasteiger partial charge in [0.05, 0.1) is 35.7 Å². The molecule has 0 aromatic heterocycles. The predicted octanol–water partition coefficient (Wildman–Crippen LogP) is 2.77. The van der Waals surface area contributed by atoms with Gasteiger partial charge < -0.3 is 14.8 Å². The van der Waals surface area contributed by atoms with E-state index in [9.17, 15) is 25.0 Å². The van der Waals surface area contributed by atoms with Crippen LogP contribution in [0, 0.1) is 20.2 Å². The van der Waals surface area contributed by atoms with Crippen LogP contribution >= 0.6 is 0 Å². The van der Waals surface area contributed by atoms with Crippen molar-refractivity contribution in [3.63, 3.8) is 0 Å². The summed E-state index contributed by atoms with van der Waals surface area (Å²) in [4.78, 5) is 32.7. The predicted molar refractivity (Wildman–Crippen MR) is 87.2 cm³/mol. The van der Waals surface area contributed by atoms with Gasteiger partial charge >= 0.3 is 0 Å². The van der Waals surface area contributed by atoms with Gasteiger partial charge in [-0.2, -0.15) is 0 Å². The maximum Gasteiger partial charge on any atom is 0.299 e. The fraction of sp³-hybridized carbons (Fsp3) is 0.133. The summed E-state index contributed by atoms with van der Waals surface area (Å²) in [6, 6.07) is 7.39. The van der Waals surface area contributed by atoms with Gasteiger partial charge in [-0.25, -0.2) is 0 Å². The summed E-state index contributed by atoms with van der Waals surface area (Å²) >= 11 is 0. The van der Waals surface area contributed by atoms with Crippen molar-refractivity contribution in [3.05, 3.63) is 62.2 Å². The Kier molecular flexibility index (Phi) is 5.12. The Labute approximate surface area is 141 Å². The third kappa shape index (κ3) is 3.80. The summed E-state index contributed by atoms with van der Waals surface area (Å²) in [6.45, 7) is 0. The van der Waals surface area contributed by atoms with E-state index in [4.69, 9.17) is 9.47 Å². The van der Waals surface area contributed by atoms with Crippen molar-refractivity contribution in [1.82, 2.24) is 0 Å². The van der Waals surface area contributed by atoms with E-state index in [-0.39, 0.29) is 17.0 Å². The van der Waals surface area contributed by atoms with Crippen molar-refractivity contribution in [2.24, 2.45) is 0 Å². The number of carbonyl (C=O) groups is 1. The fourth-order valence-corrected chi connectivity index (χ4v) is 2.07. The summed E-state index contributed by atoms with van der Waals surface area (Å²) in [7, 11) is 2.81. The van der Waals surface area contributed by atoms with E-state index < -0.39 is 27.1 Å². The van der Waals surface area contributed by atoms with Crippen molar-refractivity contribution in [1.29, 1.82) is 0 Å². The quantitative estimate of drug-likeness (QED) is 0.627. The number of non-ortho nitro benzene ring substituents is 1. The van der Waals surface area contributed by atoms with Crippen LogP contribution in [0.15, 0.2) is 36.4 Å². The van der Waals surface area contributed by atoms with Gasteiger partial charge in [0.25, 0.3) is 17.3 Å². The van der Waals surface area contributed by atoms with Crippen LogP contribution in [0.4, 0.5) is 17.1 Å². The molecule has 0 fully saturated rings. The number of benzene rings is 2.